The van der Waals surface area contributed by atoms with Gasteiger partial charge in [0.05, 0.1) is 5.75 Å². The number of hydrogen-bond donors (Lipinski definition) is 1. The maximum Gasteiger partial charge on any atom is 0.246 e. The number of nitrogens with one attached hydrogen (secondary N) is 1. The van der Waals surface area contributed by atoms with Crippen molar-refractivity contribution in [3.05, 3.63) is 29.8 Å². The molecule has 2 aliphatic rings. The molecule has 158 valence electrons. The number of amides is 2. The summed E-state index contributed by atoms with van der Waals surface area (Å²) >= 11 is 2.84. The van der Waals surface area contributed by atoms with Crippen LogP contribution >= 0.6 is 23.1 Å². The Bertz CT molecular complexity index is 956. The summed E-state index contributed by atoms with van der Waals surface area (Å²) in [5, 5.41) is 11.8. The third kappa shape index (κ3) is 4.85. The molecule has 0 aliphatic carbocycles. The molecule has 1 aromatic heterocycles. The molecule has 0 saturated carbocycles. The van der Waals surface area contributed by atoms with Crippen LogP contribution in [0.2, 0.25) is 0 Å². The number of rotatable bonds is 6. The van der Waals surface area contributed by atoms with Crippen LogP contribution in [0.4, 0.5) is 5.13 Å². The van der Waals surface area contributed by atoms with E-state index in [1.54, 1.807) is 19.2 Å². The van der Waals surface area contributed by atoms with E-state index in [0.717, 1.165) is 20.8 Å². The number of ether oxygens (including phenoxy) is 2. The fourth-order valence-electron chi connectivity index (χ4n) is 3.00. The second kappa shape index (κ2) is 9.35. The first-order valence-electron chi connectivity index (χ1n) is 9.41. The van der Waals surface area contributed by atoms with Crippen LogP contribution < -0.4 is 19.7 Å². The fourth-order valence-corrected chi connectivity index (χ4v) is 4.76. The first kappa shape index (κ1) is 20.5. The van der Waals surface area contributed by atoms with Crippen molar-refractivity contribution in [1.29, 1.82) is 0 Å². The molecule has 1 saturated heterocycles. The van der Waals surface area contributed by atoms with Crippen LogP contribution in [0, 0.1) is 0 Å². The van der Waals surface area contributed by atoms with Gasteiger partial charge >= 0.3 is 0 Å². The van der Waals surface area contributed by atoms with Gasteiger partial charge in [0.2, 0.25) is 23.7 Å². The van der Waals surface area contributed by atoms with E-state index >= 15 is 0 Å². The number of hydrogen-bond acceptors (Lipinski definition) is 9. The summed E-state index contributed by atoms with van der Waals surface area (Å²) in [5.74, 6) is 1.68. The molecule has 1 aromatic carbocycles. The Morgan fingerprint density at radius 3 is 2.80 bits per heavy atom. The van der Waals surface area contributed by atoms with Crippen LogP contribution in [0.5, 0.6) is 11.5 Å². The quantitative estimate of drug-likeness (QED) is 0.525. The molecule has 0 spiro atoms. The minimum absolute atomic E-state index is 0.0218. The third-order valence-corrected chi connectivity index (χ3v) is 6.80. The zero-order valence-electron chi connectivity index (χ0n) is 16.4. The van der Waals surface area contributed by atoms with Crippen LogP contribution in [-0.2, 0) is 9.59 Å². The summed E-state index contributed by atoms with van der Waals surface area (Å²) in [6.07, 6.45) is 3.38. The summed E-state index contributed by atoms with van der Waals surface area (Å²) in [5.41, 5.74) is 0.891. The average molecular weight is 448 g/mol. The highest BCUT2D eigenvalue weighted by Crippen LogP contribution is 2.33. The molecule has 11 heteroatoms. The Labute approximate surface area is 182 Å². The van der Waals surface area contributed by atoms with E-state index in [2.05, 4.69) is 20.4 Å². The minimum Gasteiger partial charge on any atom is -0.454 e. The number of benzene rings is 1. The minimum atomic E-state index is -0.0438. The van der Waals surface area contributed by atoms with Crippen LogP contribution in [0.25, 0.3) is 6.08 Å². The molecule has 2 aliphatic heterocycles. The number of aromatic nitrogens is 2. The molecule has 3 heterocycles. The monoisotopic (exact) mass is 447 g/mol. The van der Waals surface area contributed by atoms with E-state index in [4.69, 9.17) is 9.47 Å². The molecule has 2 aromatic rings. The number of carbonyl (C=O) groups excluding carboxylic acids is 2. The third-order valence-electron chi connectivity index (χ3n) is 4.68. The van der Waals surface area contributed by atoms with E-state index < -0.39 is 0 Å². The molecule has 0 atom stereocenters. The van der Waals surface area contributed by atoms with Gasteiger partial charge in [-0.1, -0.05) is 29.2 Å². The molecule has 4 rings (SSSR count). The van der Waals surface area contributed by atoms with Crippen molar-refractivity contribution < 1.29 is 19.1 Å². The van der Waals surface area contributed by atoms with Crippen molar-refractivity contribution in [2.75, 3.05) is 50.7 Å². The standard InChI is InChI=1S/C19H21N5O4S2/c1-20-16(25)11-29-19-22-21-18(30-19)24-8-6-23(7-9-24)17(26)5-3-13-2-4-14-15(10-13)28-12-27-14/h2-5,10H,6-9,11-12H2,1H3,(H,20,25)/b5-3+. The molecule has 0 radical (unpaired) electrons. The lowest BCUT2D eigenvalue weighted by atomic mass is 10.2. The maximum atomic E-state index is 12.5. The normalized spacial score (nSPS) is 15.6. The average Bonchev–Trinajstić information content (AvgIpc) is 3.45. The lowest BCUT2D eigenvalue weighted by Crippen LogP contribution is -2.48. The van der Waals surface area contributed by atoms with Gasteiger partial charge in [0, 0.05) is 39.3 Å². The predicted octanol–water partition coefficient (Wildman–Crippen LogP) is 1.47. The van der Waals surface area contributed by atoms with Gasteiger partial charge in [0.15, 0.2) is 15.8 Å². The second-order valence-corrected chi connectivity index (χ2v) is 8.75. The van der Waals surface area contributed by atoms with E-state index in [1.165, 1.54) is 23.1 Å². The number of nitrogens with zero attached hydrogens (tertiary/aromatic N) is 4. The van der Waals surface area contributed by atoms with Gasteiger partial charge in [-0.25, -0.2) is 0 Å². The van der Waals surface area contributed by atoms with E-state index in [0.29, 0.717) is 37.7 Å². The Hall–Kier alpha value is -2.79. The van der Waals surface area contributed by atoms with Crippen molar-refractivity contribution in [2.24, 2.45) is 0 Å². The van der Waals surface area contributed by atoms with Gasteiger partial charge in [0.1, 0.15) is 0 Å². The highest BCUT2D eigenvalue weighted by molar-refractivity contribution is 8.01. The van der Waals surface area contributed by atoms with Crippen LogP contribution in [0.15, 0.2) is 28.6 Å². The zero-order chi connectivity index (χ0) is 20.9. The summed E-state index contributed by atoms with van der Waals surface area (Å²) in [6, 6.07) is 5.60. The van der Waals surface area contributed by atoms with E-state index in [1.807, 2.05) is 23.1 Å². The number of anilines is 1. The summed E-state index contributed by atoms with van der Waals surface area (Å²) in [7, 11) is 1.61. The SMILES string of the molecule is CNC(=O)CSc1nnc(N2CCN(C(=O)/C=C/c3ccc4c(c3)OCO4)CC2)s1. The molecule has 30 heavy (non-hydrogen) atoms. The van der Waals surface area contributed by atoms with E-state index in [-0.39, 0.29) is 18.6 Å². The van der Waals surface area contributed by atoms with Crippen molar-refractivity contribution in [1.82, 2.24) is 20.4 Å². The van der Waals surface area contributed by atoms with Gasteiger partial charge in [0.25, 0.3) is 0 Å². The molecule has 9 nitrogen and oxygen atoms in total. The predicted molar refractivity (Wildman–Crippen MR) is 115 cm³/mol. The van der Waals surface area contributed by atoms with Crippen LogP contribution in [0.3, 0.4) is 0 Å². The van der Waals surface area contributed by atoms with Gasteiger partial charge in [-0.3, -0.25) is 9.59 Å². The molecular weight excluding hydrogens is 426 g/mol. The van der Waals surface area contributed by atoms with Crippen LogP contribution in [0.1, 0.15) is 5.56 Å². The molecular formula is C19H21N5O4S2. The van der Waals surface area contributed by atoms with Crippen molar-refractivity contribution >= 4 is 46.1 Å². The summed E-state index contributed by atoms with van der Waals surface area (Å²) < 4.78 is 11.4. The molecule has 0 unspecified atom stereocenters. The lowest BCUT2D eigenvalue weighted by Gasteiger charge is -2.33. The van der Waals surface area contributed by atoms with Gasteiger partial charge in [-0.2, -0.15) is 0 Å². The zero-order valence-corrected chi connectivity index (χ0v) is 18.0. The first-order valence-corrected chi connectivity index (χ1v) is 11.2. The van der Waals surface area contributed by atoms with E-state index in [9.17, 15) is 9.59 Å². The number of thioether (sulfide) groups is 1. The summed E-state index contributed by atoms with van der Waals surface area (Å²) in [4.78, 5) is 27.8. The Morgan fingerprint density at radius 2 is 2.00 bits per heavy atom. The van der Waals surface area contributed by atoms with Gasteiger partial charge in [-0.15, -0.1) is 10.2 Å². The Balaban J connectivity index is 1.27. The van der Waals surface area contributed by atoms with Crippen molar-refractivity contribution in [3.63, 3.8) is 0 Å². The van der Waals surface area contributed by atoms with Gasteiger partial charge < -0.3 is 24.6 Å². The Morgan fingerprint density at radius 1 is 1.20 bits per heavy atom. The lowest BCUT2D eigenvalue weighted by molar-refractivity contribution is -0.126. The topological polar surface area (TPSA) is 96.9 Å². The smallest absolute Gasteiger partial charge is 0.246 e. The molecule has 2 amide bonds. The van der Waals surface area contributed by atoms with Crippen molar-refractivity contribution in [3.8, 4) is 11.5 Å². The largest absolute Gasteiger partial charge is 0.454 e. The molecule has 1 fully saturated rings. The van der Waals surface area contributed by atoms with Crippen LogP contribution in [-0.4, -0.2) is 72.7 Å². The van der Waals surface area contributed by atoms with Crippen molar-refractivity contribution in [2.45, 2.75) is 4.34 Å². The fraction of sp³-hybridized carbons (Fsp3) is 0.368. The number of carbonyl (C=O) groups is 2. The highest BCUT2D eigenvalue weighted by atomic mass is 32.2. The first-order chi connectivity index (χ1) is 14.6. The summed E-state index contributed by atoms with van der Waals surface area (Å²) in [6.45, 7) is 2.85. The second-order valence-electron chi connectivity index (χ2n) is 6.57. The molecule has 0 bridgehead atoms. The maximum absolute atomic E-state index is 12.5. The number of piperazine rings is 1. The number of fused-ring (bicyclic) bond motifs is 1. The Kier molecular flexibility index (Phi) is 6.38. The highest BCUT2D eigenvalue weighted by Gasteiger charge is 2.22. The van der Waals surface area contributed by atoms with Gasteiger partial charge in [-0.05, 0) is 23.8 Å². The molecule has 1 N–H and O–H groups in total.